The van der Waals surface area contributed by atoms with Crippen molar-refractivity contribution >= 4 is 43.3 Å². The molecule has 3 N–H and O–H groups in total. The van der Waals surface area contributed by atoms with Gasteiger partial charge in [-0.15, -0.1) is 11.3 Å². The Bertz CT molecular complexity index is 593. The number of carbonyl (C=O) groups is 1. The highest BCUT2D eigenvalue weighted by Gasteiger charge is 2.32. The van der Waals surface area contributed by atoms with Gasteiger partial charge in [-0.2, -0.15) is 0 Å². The van der Waals surface area contributed by atoms with Crippen molar-refractivity contribution in [3.8, 4) is 0 Å². The van der Waals surface area contributed by atoms with Crippen LogP contribution in [0.3, 0.4) is 0 Å². The highest BCUT2D eigenvalue weighted by Crippen LogP contribution is 2.32. The summed E-state index contributed by atoms with van der Waals surface area (Å²) in [6.45, 7) is 0.203. The number of aliphatic hydroxyl groups excluding tert-OH is 2. The summed E-state index contributed by atoms with van der Waals surface area (Å²) in [7, 11) is -2.82. The molecule has 0 atom stereocenters. The molecule has 0 aliphatic heterocycles. The molecule has 0 saturated carbocycles. The molecule has 7 nitrogen and oxygen atoms in total. The molecule has 10 heteroatoms. The van der Waals surface area contributed by atoms with Crippen molar-refractivity contribution in [2.24, 2.45) is 0 Å². The molecule has 0 radical (unpaired) electrons. The number of nitrogens with one attached hydrogen (secondary N) is 1. The Morgan fingerprint density at radius 3 is 2.50 bits per heavy atom. The van der Waals surface area contributed by atoms with Crippen molar-refractivity contribution in [2.75, 3.05) is 20.3 Å². The third kappa shape index (κ3) is 3.77. The van der Waals surface area contributed by atoms with E-state index in [0.717, 1.165) is 17.4 Å². The average molecular weight is 388 g/mol. The SMILES string of the molecule is COC(=O)c1cc(S(=O)(=O)NC(C)(CO)CO)c(Br)s1. The van der Waals surface area contributed by atoms with E-state index in [-0.39, 0.29) is 13.6 Å². The maximum atomic E-state index is 12.2. The van der Waals surface area contributed by atoms with Gasteiger partial charge in [0.1, 0.15) is 9.77 Å². The number of esters is 1. The Labute approximate surface area is 128 Å². The van der Waals surface area contributed by atoms with Crippen LogP contribution in [0.25, 0.3) is 0 Å². The van der Waals surface area contributed by atoms with E-state index >= 15 is 0 Å². The zero-order valence-corrected chi connectivity index (χ0v) is 13.9. The van der Waals surface area contributed by atoms with Crippen LogP contribution in [0.15, 0.2) is 14.7 Å². The third-order valence-electron chi connectivity index (χ3n) is 2.41. The average Bonchev–Trinajstić information content (AvgIpc) is 2.80. The van der Waals surface area contributed by atoms with E-state index in [9.17, 15) is 13.2 Å². The number of ether oxygens (including phenoxy) is 1. The first-order valence-corrected chi connectivity index (χ1v) is 8.41. The number of rotatable bonds is 6. The maximum Gasteiger partial charge on any atom is 0.348 e. The smallest absolute Gasteiger partial charge is 0.348 e. The molecule has 0 amide bonds. The zero-order valence-electron chi connectivity index (χ0n) is 10.7. The largest absolute Gasteiger partial charge is 0.465 e. The first-order chi connectivity index (χ1) is 9.19. The Hall–Kier alpha value is -0.520. The Morgan fingerprint density at radius 2 is 2.05 bits per heavy atom. The van der Waals surface area contributed by atoms with E-state index in [4.69, 9.17) is 10.2 Å². The van der Waals surface area contributed by atoms with Gasteiger partial charge in [0.25, 0.3) is 0 Å². The Morgan fingerprint density at radius 1 is 1.50 bits per heavy atom. The number of thiophene rings is 1. The van der Waals surface area contributed by atoms with Crippen LogP contribution in [0.5, 0.6) is 0 Å². The fourth-order valence-electron chi connectivity index (χ4n) is 1.23. The molecular formula is C10H14BrNO6S2. The number of halogens is 1. The number of hydrogen-bond donors (Lipinski definition) is 3. The number of methoxy groups -OCH3 is 1. The van der Waals surface area contributed by atoms with Crippen LogP contribution in [0.1, 0.15) is 16.6 Å². The van der Waals surface area contributed by atoms with Gasteiger partial charge in [0.05, 0.1) is 29.6 Å². The van der Waals surface area contributed by atoms with E-state index in [1.807, 2.05) is 0 Å². The second-order valence-corrected chi connectivity index (χ2v) is 8.24. The lowest BCUT2D eigenvalue weighted by Crippen LogP contribution is -2.51. The van der Waals surface area contributed by atoms with Gasteiger partial charge in [-0.05, 0) is 28.9 Å². The molecule has 1 heterocycles. The monoisotopic (exact) mass is 387 g/mol. The maximum absolute atomic E-state index is 12.2. The summed E-state index contributed by atoms with van der Waals surface area (Å²) in [5, 5.41) is 18.3. The number of carbonyl (C=O) groups excluding carboxylic acids is 1. The minimum Gasteiger partial charge on any atom is -0.465 e. The molecule has 0 spiro atoms. The minimum absolute atomic E-state index is 0.120. The van der Waals surface area contributed by atoms with Crippen LogP contribution in [-0.4, -0.2) is 50.5 Å². The summed E-state index contributed by atoms with van der Waals surface area (Å²) < 4.78 is 31.3. The molecule has 20 heavy (non-hydrogen) atoms. The van der Waals surface area contributed by atoms with Crippen molar-refractivity contribution in [2.45, 2.75) is 17.4 Å². The quantitative estimate of drug-likeness (QED) is 0.605. The summed E-state index contributed by atoms with van der Waals surface area (Å²) in [5.41, 5.74) is -1.40. The molecule has 1 aromatic heterocycles. The number of aliphatic hydroxyl groups is 2. The van der Waals surface area contributed by atoms with Crippen LogP contribution in [0, 0.1) is 0 Å². The van der Waals surface area contributed by atoms with Gasteiger partial charge in [-0.25, -0.2) is 17.9 Å². The first kappa shape index (κ1) is 17.5. The molecule has 0 saturated heterocycles. The minimum atomic E-state index is -4.01. The van der Waals surface area contributed by atoms with Gasteiger partial charge >= 0.3 is 5.97 Å². The summed E-state index contributed by atoms with van der Waals surface area (Å²) >= 11 is 3.98. The normalized spacial score (nSPS) is 12.4. The molecule has 0 bridgehead atoms. The van der Waals surface area contributed by atoms with Gasteiger partial charge < -0.3 is 14.9 Å². The molecule has 0 unspecified atom stereocenters. The third-order valence-corrected chi connectivity index (χ3v) is 6.28. The van der Waals surface area contributed by atoms with Crippen molar-refractivity contribution in [1.29, 1.82) is 0 Å². The second kappa shape index (κ2) is 6.50. The van der Waals surface area contributed by atoms with E-state index in [0.29, 0.717) is 0 Å². The van der Waals surface area contributed by atoms with Gasteiger partial charge in [-0.1, -0.05) is 0 Å². The molecule has 0 aliphatic carbocycles. The fraction of sp³-hybridized carbons (Fsp3) is 0.500. The fourth-order valence-corrected chi connectivity index (χ4v) is 5.10. The first-order valence-electron chi connectivity index (χ1n) is 5.32. The van der Waals surface area contributed by atoms with E-state index in [1.54, 1.807) is 0 Å². The molecule has 114 valence electrons. The molecule has 1 rings (SSSR count). The van der Waals surface area contributed by atoms with Crippen LogP contribution >= 0.6 is 27.3 Å². The standard InChI is InChI=1S/C10H14BrNO6S2/c1-10(4-13,5-14)12-20(16,17)7-3-6(9(15)18-2)19-8(7)11/h3,12-14H,4-5H2,1-2H3. The van der Waals surface area contributed by atoms with Gasteiger partial charge in [-0.3, -0.25) is 0 Å². The molecular weight excluding hydrogens is 374 g/mol. The zero-order chi connectivity index (χ0) is 15.6. The van der Waals surface area contributed by atoms with Crippen molar-refractivity contribution < 1.29 is 28.2 Å². The Balaban J connectivity index is 3.17. The van der Waals surface area contributed by atoms with E-state index < -0.39 is 34.7 Å². The lowest BCUT2D eigenvalue weighted by atomic mass is 10.1. The van der Waals surface area contributed by atoms with Gasteiger partial charge in [0.2, 0.25) is 10.0 Å². The summed E-state index contributed by atoms with van der Waals surface area (Å²) in [6.07, 6.45) is 0. The van der Waals surface area contributed by atoms with E-state index in [1.165, 1.54) is 14.0 Å². The van der Waals surface area contributed by atoms with Crippen LogP contribution in [0.4, 0.5) is 0 Å². The highest BCUT2D eigenvalue weighted by atomic mass is 79.9. The predicted octanol–water partition coefficient (Wildman–Crippen LogP) is 0.319. The van der Waals surface area contributed by atoms with Crippen LogP contribution in [-0.2, 0) is 14.8 Å². The van der Waals surface area contributed by atoms with Gasteiger partial charge in [0.15, 0.2) is 0 Å². The molecule has 0 fully saturated rings. The van der Waals surface area contributed by atoms with Crippen molar-refractivity contribution in [3.05, 3.63) is 14.7 Å². The summed E-state index contributed by atoms with van der Waals surface area (Å²) in [4.78, 5) is 11.3. The van der Waals surface area contributed by atoms with Gasteiger partial charge in [0, 0.05) is 0 Å². The molecule has 0 aromatic carbocycles. The summed E-state index contributed by atoms with van der Waals surface area (Å²) in [6, 6.07) is 1.16. The highest BCUT2D eigenvalue weighted by molar-refractivity contribution is 9.11. The van der Waals surface area contributed by atoms with Crippen molar-refractivity contribution in [1.82, 2.24) is 4.72 Å². The number of sulfonamides is 1. The number of hydrogen-bond acceptors (Lipinski definition) is 7. The second-order valence-electron chi connectivity index (χ2n) is 4.22. The topological polar surface area (TPSA) is 113 Å². The van der Waals surface area contributed by atoms with Crippen LogP contribution in [0.2, 0.25) is 0 Å². The van der Waals surface area contributed by atoms with E-state index in [2.05, 4.69) is 25.4 Å². The Kier molecular flexibility index (Phi) is 5.70. The van der Waals surface area contributed by atoms with Crippen molar-refractivity contribution in [3.63, 3.8) is 0 Å². The predicted molar refractivity (Wildman–Crippen MR) is 76.3 cm³/mol. The molecule has 0 aliphatic rings. The molecule has 1 aromatic rings. The summed E-state index contributed by atoms with van der Waals surface area (Å²) in [5.74, 6) is -0.649. The lowest BCUT2D eigenvalue weighted by Gasteiger charge is -2.25. The van der Waals surface area contributed by atoms with Crippen LogP contribution < -0.4 is 4.72 Å². The lowest BCUT2D eigenvalue weighted by molar-refractivity contribution is 0.0606.